The second-order valence-electron chi connectivity index (χ2n) is 7.12. The fraction of sp³-hybridized carbons (Fsp3) is 0.444. The first-order valence-electron chi connectivity index (χ1n) is 8.83. The van der Waals surface area contributed by atoms with Gasteiger partial charge in [0.05, 0.1) is 18.4 Å². The van der Waals surface area contributed by atoms with Crippen molar-refractivity contribution in [3.63, 3.8) is 0 Å². The van der Waals surface area contributed by atoms with Crippen LogP contribution in [0.15, 0.2) is 29.2 Å². The number of anilines is 1. The zero-order valence-electron chi connectivity index (χ0n) is 14.2. The lowest BCUT2D eigenvalue weighted by Gasteiger charge is -2.40. The first kappa shape index (κ1) is 14.6. The summed E-state index contributed by atoms with van der Waals surface area (Å²) < 4.78 is 3.54. The van der Waals surface area contributed by atoms with Gasteiger partial charge in [0.25, 0.3) is 5.56 Å². The summed E-state index contributed by atoms with van der Waals surface area (Å²) in [6.07, 6.45) is 4.89. The zero-order chi connectivity index (χ0) is 17.0. The molecule has 0 aromatic carbocycles. The highest BCUT2D eigenvalue weighted by Crippen LogP contribution is 2.26. The molecule has 0 atom stereocenters. The summed E-state index contributed by atoms with van der Waals surface area (Å²) in [5.74, 6) is 1.50. The van der Waals surface area contributed by atoms with Gasteiger partial charge in [0, 0.05) is 42.9 Å². The van der Waals surface area contributed by atoms with Gasteiger partial charge in [-0.3, -0.25) is 4.79 Å². The third-order valence-corrected chi connectivity index (χ3v) is 5.20. The van der Waals surface area contributed by atoms with E-state index in [1.165, 1.54) is 0 Å². The first-order valence-corrected chi connectivity index (χ1v) is 8.83. The summed E-state index contributed by atoms with van der Waals surface area (Å²) in [6, 6.07) is 5.77. The molecule has 1 aliphatic carbocycles. The van der Waals surface area contributed by atoms with Gasteiger partial charge in [0.1, 0.15) is 5.82 Å². The largest absolute Gasteiger partial charge is 0.356 e. The average Bonchev–Trinajstić information content (AvgIpc) is 3.18. The van der Waals surface area contributed by atoms with Crippen molar-refractivity contribution < 1.29 is 0 Å². The SMILES string of the molecule is Cc1cc(N2CC(Cn3nc4c(cc3=O)CCC4)C2)n2nccc2n1. The van der Waals surface area contributed by atoms with E-state index in [2.05, 4.69) is 26.1 Å². The Balaban J connectivity index is 1.34. The third kappa shape index (κ3) is 2.42. The molecule has 0 N–H and O–H groups in total. The summed E-state index contributed by atoms with van der Waals surface area (Å²) >= 11 is 0. The topological polar surface area (TPSA) is 68.3 Å². The van der Waals surface area contributed by atoms with Crippen LogP contribution >= 0.6 is 0 Å². The Morgan fingerprint density at radius 2 is 2.12 bits per heavy atom. The van der Waals surface area contributed by atoms with Crippen LogP contribution in [0, 0.1) is 12.8 Å². The predicted octanol–water partition coefficient (Wildman–Crippen LogP) is 1.22. The molecule has 7 nitrogen and oxygen atoms in total. The molecule has 7 heteroatoms. The van der Waals surface area contributed by atoms with Crippen LogP contribution in [0.4, 0.5) is 5.82 Å². The highest BCUT2D eigenvalue weighted by molar-refractivity contribution is 5.52. The van der Waals surface area contributed by atoms with Crippen molar-refractivity contribution in [1.29, 1.82) is 0 Å². The van der Waals surface area contributed by atoms with Crippen molar-refractivity contribution in [3.05, 3.63) is 51.7 Å². The Morgan fingerprint density at radius 3 is 3.00 bits per heavy atom. The van der Waals surface area contributed by atoms with Crippen LogP contribution in [0.1, 0.15) is 23.4 Å². The molecule has 1 fully saturated rings. The number of nitrogens with zero attached hydrogens (tertiary/aromatic N) is 6. The van der Waals surface area contributed by atoms with Gasteiger partial charge in [0.2, 0.25) is 0 Å². The lowest BCUT2D eigenvalue weighted by atomic mass is 10.00. The molecule has 0 saturated carbocycles. The van der Waals surface area contributed by atoms with E-state index in [0.29, 0.717) is 12.5 Å². The molecular formula is C18H20N6O. The molecular weight excluding hydrogens is 316 g/mol. The average molecular weight is 336 g/mol. The van der Waals surface area contributed by atoms with E-state index in [4.69, 9.17) is 0 Å². The minimum absolute atomic E-state index is 0.0355. The molecule has 5 rings (SSSR count). The van der Waals surface area contributed by atoms with Crippen molar-refractivity contribution in [2.45, 2.75) is 32.7 Å². The van der Waals surface area contributed by atoms with Gasteiger partial charge >= 0.3 is 0 Å². The molecule has 25 heavy (non-hydrogen) atoms. The maximum atomic E-state index is 12.3. The molecule has 2 aliphatic rings. The van der Waals surface area contributed by atoms with Crippen LogP contribution in [-0.2, 0) is 19.4 Å². The first-order chi connectivity index (χ1) is 12.2. The van der Waals surface area contributed by atoms with E-state index in [1.54, 1.807) is 16.9 Å². The van der Waals surface area contributed by atoms with Gasteiger partial charge in [-0.05, 0) is 31.7 Å². The monoisotopic (exact) mass is 336 g/mol. The van der Waals surface area contributed by atoms with E-state index in [0.717, 1.165) is 60.8 Å². The predicted molar refractivity (Wildman–Crippen MR) is 93.9 cm³/mol. The number of aryl methyl sites for hydroxylation is 3. The molecule has 4 heterocycles. The summed E-state index contributed by atoms with van der Waals surface area (Å²) in [7, 11) is 0. The molecule has 0 bridgehead atoms. The van der Waals surface area contributed by atoms with Crippen LogP contribution in [0.5, 0.6) is 0 Å². The molecule has 128 valence electrons. The van der Waals surface area contributed by atoms with Crippen LogP contribution < -0.4 is 10.5 Å². The third-order valence-electron chi connectivity index (χ3n) is 5.20. The van der Waals surface area contributed by atoms with Crippen molar-refractivity contribution in [2.75, 3.05) is 18.0 Å². The second-order valence-corrected chi connectivity index (χ2v) is 7.12. The van der Waals surface area contributed by atoms with E-state index in [-0.39, 0.29) is 5.56 Å². The van der Waals surface area contributed by atoms with Gasteiger partial charge in [-0.1, -0.05) is 0 Å². The molecule has 1 aliphatic heterocycles. The van der Waals surface area contributed by atoms with Crippen LogP contribution in [0.3, 0.4) is 0 Å². The van der Waals surface area contributed by atoms with E-state index >= 15 is 0 Å². The van der Waals surface area contributed by atoms with E-state index < -0.39 is 0 Å². The maximum Gasteiger partial charge on any atom is 0.267 e. The quantitative estimate of drug-likeness (QED) is 0.719. The molecule has 3 aromatic heterocycles. The molecule has 0 unspecified atom stereocenters. The van der Waals surface area contributed by atoms with Crippen LogP contribution in [0.2, 0.25) is 0 Å². The van der Waals surface area contributed by atoms with Gasteiger partial charge in [-0.2, -0.15) is 14.7 Å². The Kier molecular flexibility index (Phi) is 3.16. The zero-order valence-corrected chi connectivity index (χ0v) is 14.2. The standard InChI is InChI=1S/C18H20N6O/c1-12-7-17(24-16(20-12)5-6-19-24)22-9-13(10-22)11-23-18(25)8-14-3-2-4-15(14)21-23/h5-8,13H,2-4,9-11H2,1H3. The van der Waals surface area contributed by atoms with E-state index in [9.17, 15) is 4.79 Å². The Morgan fingerprint density at radius 1 is 1.24 bits per heavy atom. The fourth-order valence-electron chi connectivity index (χ4n) is 3.93. The van der Waals surface area contributed by atoms with E-state index in [1.807, 2.05) is 17.5 Å². The summed E-state index contributed by atoms with van der Waals surface area (Å²) in [5.41, 5.74) is 4.15. The fourth-order valence-corrected chi connectivity index (χ4v) is 3.93. The lowest BCUT2D eigenvalue weighted by Crippen LogP contribution is -2.50. The maximum absolute atomic E-state index is 12.3. The smallest absolute Gasteiger partial charge is 0.267 e. The molecule has 0 spiro atoms. The van der Waals surface area contributed by atoms with Crippen molar-refractivity contribution in [1.82, 2.24) is 24.4 Å². The highest BCUT2D eigenvalue weighted by atomic mass is 16.1. The summed E-state index contributed by atoms with van der Waals surface area (Å²) in [6.45, 7) is 4.50. The minimum atomic E-state index is 0.0355. The Labute approximate surface area is 144 Å². The highest BCUT2D eigenvalue weighted by Gasteiger charge is 2.30. The van der Waals surface area contributed by atoms with Crippen molar-refractivity contribution in [2.24, 2.45) is 5.92 Å². The molecule has 0 amide bonds. The van der Waals surface area contributed by atoms with Gasteiger partial charge < -0.3 is 4.90 Å². The van der Waals surface area contributed by atoms with Gasteiger partial charge in [-0.25, -0.2) is 9.67 Å². The van der Waals surface area contributed by atoms with Crippen molar-refractivity contribution >= 4 is 11.5 Å². The number of rotatable bonds is 3. The normalized spacial score (nSPS) is 17.1. The van der Waals surface area contributed by atoms with Crippen molar-refractivity contribution in [3.8, 4) is 0 Å². The second kappa shape index (κ2) is 5.40. The lowest BCUT2D eigenvalue weighted by molar-refractivity contribution is 0.330. The Bertz CT molecular complexity index is 1010. The van der Waals surface area contributed by atoms with Gasteiger partial charge in [-0.15, -0.1) is 0 Å². The van der Waals surface area contributed by atoms with Crippen LogP contribution in [-0.4, -0.2) is 37.5 Å². The number of aromatic nitrogens is 5. The minimum Gasteiger partial charge on any atom is -0.356 e. The summed E-state index contributed by atoms with van der Waals surface area (Å²) in [4.78, 5) is 19.0. The Hall–Kier alpha value is -2.70. The molecule has 0 radical (unpaired) electrons. The number of hydrogen-bond acceptors (Lipinski definition) is 5. The molecule has 3 aromatic rings. The van der Waals surface area contributed by atoms with Crippen LogP contribution in [0.25, 0.3) is 5.65 Å². The number of hydrogen-bond donors (Lipinski definition) is 0. The van der Waals surface area contributed by atoms with Gasteiger partial charge in [0.15, 0.2) is 5.65 Å². The molecule has 1 saturated heterocycles. The number of fused-ring (bicyclic) bond motifs is 2. The summed E-state index contributed by atoms with van der Waals surface area (Å²) in [5, 5.41) is 8.96.